The first-order valence-electron chi connectivity index (χ1n) is 6.19. The summed E-state index contributed by atoms with van der Waals surface area (Å²) in [6, 6.07) is 15.4. The van der Waals surface area contributed by atoms with E-state index in [9.17, 15) is 5.11 Å². The van der Waals surface area contributed by atoms with Crippen molar-refractivity contribution in [1.29, 1.82) is 0 Å². The Balaban J connectivity index is 1.77. The van der Waals surface area contributed by atoms with Crippen LogP contribution in [0.25, 0.3) is 0 Å². The molecule has 0 bridgehead atoms. The highest BCUT2D eigenvalue weighted by molar-refractivity contribution is 9.10. The molecule has 0 saturated carbocycles. The van der Waals surface area contributed by atoms with Crippen molar-refractivity contribution in [2.75, 3.05) is 18.5 Å². The second kappa shape index (κ2) is 7.67. The van der Waals surface area contributed by atoms with Crippen LogP contribution in [0.4, 0.5) is 5.69 Å². The predicted molar refractivity (Wildman–Crippen MR) is 88.3 cm³/mol. The number of aliphatic hydroxyl groups is 1. The van der Waals surface area contributed by atoms with E-state index in [2.05, 4.69) is 37.2 Å². The van der Waals surface area contributed by atoms with Gasteiger partial charge in [0.05, 0.1) is 0 Å². The van der Waals surface area contributed by atoms with E-state index in [-0.39, 0.29) is 6.61 Å². The zero-order valence-corrected chi connectivity index (χ0v) is 13.9. The van der Waals surface area contributed by atoms with Crippen LogP contribution in [-0.4, -0.2) is 24.4 Å². The van der Waals surface area contributed by atoms with Gasteiger partial charge in [-0.1, -0.05) is 44.0 Å². The summed E-state index contributed by atoms with van der Waals surface area (Å²) >= 11 is 6.78. The second-order valence-electron chi connectivity index (χ2n) is 4.31. The summed E-state index contributed by atoms with van der Waals surface area (Å²) in [5, 5.41) is 13.1. The van der Waals surface area contributed by atoms with E-state index in [4.69, 9.17) is 4.74 Å². The average molecular weight is 401 g/mol. The molecular weight excluding hydrogens is 386 g/mol. The maximum absolute atomic E-state index is 9.90. The van der Waals surface area contributed by atoms with Gasteiger partial charge < -0.3 is 15.2 Å². The van der Waals surface area contributed by atoms with E-state index >= 15 is 0 Å². The Labute approximate surface area is 135 Å². The molecule has 2 rings (SSSR count). The van der Waals surface area contributed by atoms with Gasteiger partial charge in [-0.25, -0.2) is 0 Å². The van der Waals surface area contributed by atoms with Crippen molar-refractivity contribution in [2.45, 2.75) is 6.10 Å². The minimum Gasteiger partial charge on any atom is -0.491 e. The van der Waals surface area contributed by atoms with Crippen LogP contribution in [0.3, 0.4) is 0 Å². The van der Waals surface area contributed by atoms with Gasteiger partial charge >= 0.3 is 0 Å². The lowest BCUT2D eigenvalue weighted by Gasteiger charge is -2.14. The third-order valence-electron chi connectivity index (χ3n) is 2.60. The van der Waals surface area contributed by atoms with E-state index in [1.807, 2.05) is 48.5 Å². The predicted octanol–water partition coefficient (Wildman–Crippen LogP) is 4.06. The first-order chi connectivity index (χ1) is 9.63. The molecule has 2 N–H and O–H groups in total. The molecule has 0 radical (unpaired) electrons. The van der Waals surface area contributed by atoms with Crippen molar-refractivity contribution in [3.8, 4) is 5.75 Å². The molecule has 0 fully saturated rings. The van der Waals surface area contributed by atoms with Crippen LogP contribution in [0.5, 0.6) is 5.75 Å². The SMILES string of the molecule is OC(CNc1cccc(Br)c1)COc1cccc(Br)c1. The zero-order valence-electron chi connectivity index (χ0n) is 10.7. The van der Waals surface area contributed by atoms with Crippen molar-refractivity contribution in [3.05, 3.63) is 57.5 Å². The average Bonchev–Trinajstić information content (AvgIpc) is 2.43. The molecule has 5 heteroatoms. The van der Waals surface area contributed by atoms with Crippen LogP contribution >= 0.6 is 31.9 Å². The van der Waals surface area contributed by atoms with Crippen LogP contribution < -0.4 is 10.1 Å². The molecule has 0 heterocycles. The molecule has 0 amide bonds. The number of nitrogens with one attached hydrogen (secondary N) is 1. The van der Waals surface area contributed by atoms with Crippen LogP contribution in [0.15, 0.2) is 57.5 Å². The molecule has 2 aromatic carbocycles. The van der Waals surface area contributed by atoms with Gasteiger partial charge in [-0.2, -0.15) is 0 Å². The summed E-state index contributed by atoms with van der Waals surface area (Å²) < 4.78 is 7.49. The normalized spacial score (nSPS) is 11.9. The van der Waals surface area contributed by atoms with Gasteiger partial charge in [0, 0.05) is 21.2 Å². The topological polar surface area (TPSA) is 41.5 Å². The van der Waals surface area contributed by atoms with Crippen LogP contribution in [-0.2, 0) is 0 Å². The van der Waals surface area contributed by atoms with Crippen molar-refractivity contribution < 1.29 is 9.84 Å². The summed E-state index contributed by atoms with van der Waals surface area (Å²) in [6.45, 7) is 0.682. The summed E-state index contributed by atoms with van der Waals surface area (Å²) in [6.07, 6.45) is -0.576. The number of halogens is 2. The molecule has 20 heavy (non-hydrogen) atoms. The van der Waals surface area contributed by atoms with Gasteiger partial charge in [-0.3, -0.25) is 0 Å². The molecule has 2 aromatic rings. The standard InChI is InChI=1S/C15H15Br2NO2/c16-11-3-1-5-13(7-11)18-9-14(19)10-20-15-6-2-4-12(17)8-15/h1-8,14,18-19H,9-10H2. The van der Waals surface area contributed by atoms with Crippen molar-refractivity contribution in [1.82, 2.24) is 0 Å². The molecule has 0 aliphatic carbocycles. The Morgan fingerprint density at radius 1 is 1.05 bits per heavy atom. The Bertz CT molecular complexity index is 514. The molecule has 0 aromatic heterocycles. The Morgan fingerprint density at radius 3 is 2.45 bits per heavy atom. The third-order valence-corrected chi connectivity index (χ3v) is 3.59. The van der Waals surface area contributed by atoms with Crippen LogP contribution in [0.1, 0.15) is 0 Å². The number of rotatable bonds is 6. The van der Waals surface area contributed by atoms with Gasteiger partial charge in [0.25, 0.3) is 0 Å². The number of benzene rings is 2. The number of hydrogen-bond acceptors (Lipinski definition) is 3. The highest BCUT2D eigenvalue weighted by atomic mass is 79.9. The third kappa shape index (κ3) is 5.15. The summed E-state index contributed by atoms with van der Waals surface area (Å²) in [4.78, 5) is 0. The maximum Gasteiger partial charge on any atom is 0.120 e. The van der Waals surface area contributed by atoms with Gasteiger partial charge in [0.15, 0.2) is 0 Å². The molecule has 0 saturated heterocycles. The van der Waals surface area contributed by atoms with Gasteiger partial charge in [-0.15, -0.1) is 0 Å². The molecule has 1 atom stereocenters. The maximum atomic E-state index is 9.90. The van der Waals surface area contributed by atoms with Gasteiger partial charge in [-0.05, 0) is 36.4 Å². The largest absolute Gasteiger partial charge is 0.491 e. The smallest absolute Gasteiger partial charge is 0.120 e. The lowest BCUT2D eigenvalue weighted by atomic mass is 10.3. The van der Waals surface area contributed by atoms with E-state index in [0.717, 1.165) is 20.4 Å². The Morgan fingerprint density at radius 2 is 1.75 bits per heavy atom. The monoisotopic (exact) mass is 399 g/mol. The first-order valence-corrected chi connectivity index (χ1v) is 7.78. The second-order valence-corrected chi connectivity index (χ2v) is 6.14. The van der Waals surface area contributed by atoms with E-state index < -0.39 is 6.10 Å². The number of hydrogen-bond donors (Lipinski definition) is 2. The van der Waals surface area contributed by atoms with E-state index in [1.165, 1.54) is 0 Å². The Kier molecular flexibility index (Phi) is 5.88. The highest BCUT2D eigenvalue weighted by Crippen LogP contribution is 2.18. The number of aliphatic hydroxyl groups excluding tert-OH is 1. The molecule has 0 aliphatic heterocycles. The molecule has 0 aliphatic rings. The van der Waals surface area contributed by atoms with Crippen LogP contribution in [0, 0.1) is 0 Å². The Hall–Kier alpha value is -1.04. The summed E-state index contributed by atoms with van der Waals surface area (Å²) in [5.41, 5.74) is 0.959. The fourth-order valence-corrected chi connectivity index (χ4v) is 2.42. The van der Waals surface area contributed by atoms with Crippen molar-refractivity contribution in [2.24, 2.45) is 0 Å². The first kappa shape index (κ1) is 15.4. The lowest BCUT2D eigenvalue weighted by Crippen LogP contribution is -2.26. The van der Waals surface area contributed by atoms with Crippen molar-refractivity contribution >= 4 is 37.5 Å². The molecule has 0 spiro atoms. The number of anilines is 1. The molecule has 3 nitrogen and oxygen atoms in total. The van der Waals surface area contributed by atoms with Gasteiger partial charge in [0.2, 0.25) is 0 Å². The van der Waals surface area contributed by atoms with Crippen LogP contribution in [0.2, 0.25) is 0 Å². The molecule has 106 valence electrons. The van der Waals surface area contributed by atoms with Crippen molar-refractivity contribution in [3.63, 3.8) is 0 Å². The summed E-state index contributed by atoms with van der Waals surface area (Å²) in [5.74, 6) is 0.737. The van der Waals surface area contributed by atoms with E-state index in [1.54, 1.807) is 0 Å². The minimum atomic E-state index is -0.576. The number of ether oxygens (including phenoxy) is 1. The quantitative estimate of drug-likeness (QED) is 0.768. The highest BCUT2D eigenvalue weighted by Gasteiger charge is 2.05. The fraction of sp³-hybridized carbons (Fsp3) is 0.200. The minimum absolute atomic E-state index is 0.247. The zero-order chi connectivity index (χ0) is 14.4. The van der Waals surface area contributed by atoms with E-state index in [0.29, 0.717) is 6.54 Å². The summed E-state index contributed by atoms with van der Waals surface area (Å²) in [7, 11) is 0. The fourth-order valence-electron chi connectivity index (χ4n) is 1.64. The molecular formula is C15H15Br2NO2. The molecule has 1 unspecified atom stereocenters. The van der Waals surface area contributed by atoms with Gasteiger partial charge in [0.1, 0.15) is 18.5 Å². The lowest BCUT2D eigenvalue weighted by molar-refractivity contribution is 0.117.